The average Bonchev–Trinajstić information content (AvgIpc) is 2.48. The van der Waals surface area contributed by atoms with Crippen molar-refractivity contribution >= 4 is 5.69 Å². The smallest absolute Gasteiger partial charge is 0.0399 e. The summed E-state index contributed by atoms with van der Waals surface area (Å²) < 4.78 is 0. The molecule has 1 radical (unpaired) electrons. The molecule has 0 unspecified atom stereocenters. The Bertz CT molecular complexity index is 291. The maximum absolute atomic E-state index is 2.46. The highest BCUT2D eigenvalue weighted by atomic mass is 15.1. The van der Waals surface area contributed by atoms with Crippen molar-refractivity contribution in [2.24, 2.45) is 0 Å². The van der Waals surface area contributed by atoms with Gasteiger partial charge in [0, 0.05) is 18.8 Å². The van der Waals surface area contributed by atoms with Gasteiger partial charge < -0.3 is 4.90 Å². The number of hydrogen-bond acceptors (Lipinski definition) is 1. The molecule has 1 heteroatoms. The topological polar surface area (TPSA) is 3.24 Å². The molecule has 0 N–H and O–H groups in total. The van der Waals surface area contributed by atoms with Crippen LogP contribution in [0.4, 0.5) is 5.69 Å². The first-order chi connectivity index (χ1) is 6.27. The van der Waals surface area contributed by atoms with Gasteiger partial charge in [-0.2, -0.15) is 0 Å². The molecule has 1 heterocycles. The fourth-order valence-corrected chi connectivity index (χ4v) is 1.95. The van der Waals surface area contributed by atoms with Crippen LogP contribution in [0.15, 0.2) is 24.3 Å². The molecule has 0 aliphatic carbocycles. The van der Waals surface area contributed by atoms with Crippen LogP contribution in [0.25, 0.3) is 0 Å². The van der Waals surface area contributed by atoms with Gasteiger partial charge in [-0.05, 0) is 24.0 Å². The minimum absolute atomic E-state index is 1.11. The molecule has 0 saturated carbocycles. The van der Waals surface area contributed by atoms with Crippen molar-refractivity contribution in [1.29, 1.82) is 0 Å². The molecule has 1 nitrogen and oxygen atoms in total. The zero-order chi connectivity index (χ0) is 9.26. The predicted octanol–water partition coefficient (Wildman–Crippen LogP) is 2.66. The lowest BCUT2D eigenvalue weighted by atomic mass is 10.1. The highest BCUT2D eigenvalue weighted by molar-refractivity contribution is 5.58. The Kier molecular flexibility index (Phi) is 2.26. The zero-order valence-corrected chi connectivity index (χ0v) is 8.38. The van der Waals surface area contributed by atoms with Gasteiger partial charge in [0.05, 0.1) is 0 Å². The summed E-state index contributed by atoms with van der Waals surface area (Å²) in [5, 5.41) is 0. The number of anilines is 1. The Balaban J connectivity index is 2.18. The lowest BCUT2D eigenvalue weighted by molar-refractivity contribution is 0.820. The van der Waals surface area contributed by atoms with Crippen LogP contribution in [0.5, 0.6) is 0 Å². The predicted molar refractivity (Wildman–Crippen MR) is 57.0 cm³/mol. The molecule has 13 heavy (non-hydrogen) atoms. The van der Waals surface area contributed by atoms with E-state index in [1.54, 1.807) is 0 Å². The molecular formula is C12H16N. The molecule has 2 rings (SSSR count). The van der Waals surface area contributed by atoms with Crippen LogP contribution in [0.1, 0.15) is 19.4 Å². The molecule has 1 aliphatic rings. The maximum Gasteiger partial charge on any atom is 0.0399 e. The van der Waals surface area contributed by atoms with Gasteiger partial charge in [-0.25, -0.2) is 0 Å². The van der Waals surface area contributed by atoms with Gasteiger partial charge in [-0.1, -0.05) is 32.0 Å². The van der Waals surface area contributed by atoms with Crippen LogP contribution >= 0.6 is 0 Å². The summed E-state index contributed by atoms with van der Waals surface area (Å²) in [6.07, 6.45) is 1.21. The lowest BCUT2D eigenvalue weighted by Gasteiger charge is -2.21. The largest absolute Gasteiger partial charge is 0.370 e. The summed E-state index contributed by atoms with van der Waals surface area (Å²) in [6, 6.07) is 8.72. The van der Waals surface area contributed by atoms with E-state index in [1.165, 1.54) is 30.1 Å². The van der Waals surface area contributed by atoms with Crippen LogP contribution in [0.2, 0.25) is 0 Å². The van der Waals surface area contributed by atoms with Crippen LogP contribution < -0.4 is 4.90 Å². The van der Waals surface area contributed by atoms with Crippen molar-refractivity contribution in [3.8, 4) is 0 Å². The molecule has 0 bridgehead atoms. The first kappa shape index (κ1) is 8.61. The molecule has 1 aromatic rings. The molecule has 0 fully saturated rings. The van der Waals surface area contributed by atoms with Gasteiger partial charge in [0.1, 0.15) is 0 Å². The second-order valence-electron chi connectivity index (χ2n) is 4.01. The summed E-state index contributed by atoms with van der Waals surface area (Å²) in [4.78, 5) is 2.46. The molecule has 1 aliphatic heterocycles. The molecule has 0 amide bonds. The van der Waals surface area contributed by atoms with Gasteiger partial charge in [0.15, 0.2) is 0 Å². The minimum Gasteiger partial charge on any atom is -0.370 e. The van der Waals surface area contributed by atoms with Gasteiger partial charge in [0.2, 0.25) is 0 Å². The number of benzene rings is 1. The molecule has 0 aromatic heterocycles. The van der Waals surface area contributed by atoms with E-state index in [-0.39, 0.29) is 0 Å². The highest BCUT2D eigenvalue weighted by Gasteiger charge is 2.18. The van der Waals surface area contributed by atoms with Crippen LogP contribution in [0, 0.1) is 5.92 Å². The summed E-state index contributed by atoms with van der Waals surface area (Å²) in [5.74, 6) is 1.48. The van der Waals surface area contributed by atoms with E-state index in [0.29, 0.717) is 0 Å². The molecule has 0 saturated heterocycles. The maximum atomic E-state index is 2.46. The summed E-state index contributed by atoms with van der Waals surface area (Å²) >= 11 is 0. The third-order valence-corrected chi connectivity index (χ3v) is 2.49. The van der Waals surface area contributed by atoms with E-state index < -0.39 is 0 Å². The standard InChI is InChI=1S/C12H16N/c1-10(2)9-13-8-7-11-5-3-4-6-12(11)13/h3-6H,7-9H2,1-2H3. The van der Waals surface area contributed by atoms with Crippen molar-refractivity contribution in [2.75, 3.05) is 18.0 Å². The second-order valence-corrected chi connectivity index (χ2v) is 4.01. The first-order valence-corrected chi connectivity index (χ1v) is 4.89. The van der Waals surface area contributed by atoms with Gasteiger partial charge in [-0.15, -0.1) is 0 Å². The minimum atomic E-state index is 1.11. The Labute approximate surface area is 80.4 Å². The fourth-order valence-electron chi connectivity index (χ4n) is 1.95. The third-order valence-electron chi connectivity index (χ3n) is 2.49. The van der Waals surface area contributed by atoms with Crippen molar-refractivity contribution in [1.82, 2.24) is 0 Å². The normalized spacial score (nSPS) is 15.2. The van der Waals surface area contributed by atoms with E-state index >= 15 is 0 Å². The monoisotopic (exact) mass is 174 g/mol. The number of fused-ring (bicyclic) bond motifs is 1. The average molecular weight is 174 g/mol. The van der Waals surface area contributed by atoms with Gasteiger partial charge in [-0.3, -0.25) is 0 Å². The summed E-state index contributed by atoms with van der Waals surface area (Å²) in [6.45, 7) is 6.68. The van der Waals surface area contributed by atoms with Crippen LogP contribution in [0.3, 0.4) is 0 Å². The number of para-hydroxylation sites is 1. The van der Waals surface area contributed by atoms with E-state index in [1.807, 2.05) is 0 Å². The number of hydrogen-bond donors (Lipinski definition) is 0. The fraction of sp³-hybridized carbons (Fsp3) is 0.417. The number of nitrogens with zero attached hydrogens (tertiary/aromatic N) is 1. The van der Waals surface area contributed by atoms with Crippen molar-refractivity contribution in [2.45, 2.75) is 20.3 Å². The highest BCUT2D eigenvalue weighted by Crippen LogP contribution is 2.27. The quantitative estimate of drug-likeness (QED) is 0.666. The number of rotatable bonds is 2. The zero-order valence-electron chi connectivity index (χ0n) is 8.38. The summed E-state index contributed by atoms with van der Waals surface area (Å²) in [7, 11) is 0. The van der Waals surface area contributed by atoms with Crippen LogP contribution in [-0.2, 0) is 6.42 Å². The third kappa shape index (κ3) is 1.69. The van der Waals surface area contributed by atoms with Crippen molar-refractivity contribution in [3.05, 3.63) is 35.7 Å². The first-order valence-electron chi connectivity index (χ1n) is 4.89. The Hall–Kier alpha value is -0.980. The van der Waals surface area contributed by atoms with E-state index in [4.69, 9.17) is 0 Å². The lowest BCUT2D eigenvalue weighted by Crippen LogP contribution is -2.24. The van der Waals surface area contributed by atoms with E-state index in [2.05, 4.69) is 43.0 Å². The van der Waals surface area contributed by atoms with Crippen molar-refractivity contribution in [3.63, 3.8) is 0 Å². The Morgan fingerprint density at radius 3 is 2.85 bits per heavy atom. The molecular weight excluding hydrogens is 158 g/mol. The van der Waals surface area contributed by atoms with E-state index in [9.17, 15) is 0 Å². The van der Waals surface area contributed by atoms with Gasteiger partial charge in [0.25, 0.3) is 0 Å². The van der Waals surface area contributed by atoms with Crippen LogP contribution in [-0.4, -0.2) is 13.1 Å². The SMILES string of the molecule is C[C](C)CN1CCc2ccccc21. The van der Waals surface area contributed by atoms with Gasteiger partial charge >= 0.3 is 0 Å². The van der Waals surface area contributed by atoms with E-state index in [0.717, 1.165) is 6.54 Å². The Morgan fingerprint density at radius 2 is 2.08 bits per heavy atom. The summed E-state index contributed by atoms with van der Waals surface area (Å²) in [5.41, 5.74) is 2.94. The molecule has 0 spiro atoms. The molecule has 1 aromatic carbocycles. The Morgan fingerprint density at radius 1 is 1.31 bits per heavy atom. The second kappa shape index (κ2) is 3.41. The molecule has 0 atom stereocenters. The molecule has 69 valence electrons. The van der Waals surface area contributed by atoms with Crippen molar-refractivity contribution < 1.29 is 0 Å².